The predicted molar refractivity (Wildman–Crippen MR) is 95.4 cm³/mol. The van der Waals surface area contributed by atoms with Crippen LogP contribution in [0.4, 0.5) is 0 Å². The van der Waals surface area contributed by atoms with Gasteiger partial charge in [0.05, 0.1) is 0 Å². The van der Waals surface area contributed by atoms with E-state index in [0.29, 0.717) is 16.4 Å². The van der Waals surface area contributed by atoms with Crippen LogP contribution in [0.1, 0.15) is 10.5 Å². The first-order valence-electron chi connectivity index (χ1n) is 7.95. The van der Waals surface area contributed by atoms with Crippen LogP contribution in [-0.2, 0) is 4.79 Å². The number of hydrogen-bond donors (Lipinski definition) is 3. The number of carbonyl (C=O) groups excluding carboxylic acids is 1. The summed E-state index contributed by atoms with van der Waals surface area (Å²) in [5.41, 5.74) is 1.77. The summed E-state index contributed by atoms with van der Waals surface area (Å²) in [4.78, 5) is 31.5. The molecule has 0 aliphatic carbocycles. The molecule has 4 aromatic rings. The van der Waals surface area contributed by atoms with Crippen LogP contribution in [0.3, 0.4) is 0 Å². The maximum atomic E-state index is 12.4. The van der Waals surface area contributed by atoms with E-state index in [1.807, 2.05) is 12.1 Å². The van der Waals surface area contributed by atoms with Gasteiger partial charge < -0.3 is 15.5 Å². The van der Waals surface area contributed by atoms with Crippen molar-refractivity contribution in [2.75, 3.05) is 6.54 Å². The average Bonchev–Trinajstić information content (AvgIpc) is 3.16. The van der Waals surface area contributed by atoms with Crippen LogP contribution in [0.25, 0.3) is 27.5 Å². The second-order valence-corrected chi connectivity index (χ2v) is 5.74. The molecule has 0 saturated heterocycles. The molecule has 9 nitrogen and oxygen atoms in total. The molecule has 0 saturated carbocycles. The van der Waals surface area contributed by atoms with Crippen molar-refractivity contribution in [3.05, 3.63) is 54.7 Å². The van der Waals surface area contributed by atoms with Crippen LogP contribution < -0.4 is 5.32 Å². The van der Waals surface area contributed by atoms with Crippen LogP contribution >= 0.6 is 0 Å². The highest BCUT2D eigenvalue weighted by Gasteiger charge is 2.23. The molecule has 27 heavy (non-hydrogen) atoms. The topological polar surface area (TPSA) is 130 Å². The van der Waals surface area contributed by atoms with Crippen molar-refractivity contribution in [1.29, 1.82) is 0 Å². The van der Waals surface area contributed by atoms with E-state index in [-0.39, 0.29) is 11.4 Å². The molecule has 9 heteroatoms. The quantitative estimate of drug-likeness (QED) is 0.500. The Morgan fingerprint density at radius 1 is 1.19 bits per heavy atom. The third-order valence-electron chi connectivity index (χ3n) is 4.11. The molecule has 3 heterocycles. The summed E-state index contributed by atoms with van der Waals surface area (Å²) < 4.78 is 1.20. The number of nitrogens with one attached hydrogen (secondary N) is 1. The van der Waals surface area contributed by atoms with E-state index in [1.54, 1.807) is 30.6 Å². The molecule has 0 unspecified atom stereocenters. The Kier molecular flexibility index (Phi) is 3.88. The predicted octanol–water partition coefficient (Wildman–Crippen LogP) is 1.46. The zero-order valence-electron chi connectivity index (χ0n) is 13.8. The molecule has 0 fully saturated rings. The lowest BCUT2D eigenvalue weighted by molar-refractivity contribution is -0.135. The minimum Gasteiger partial charge on any atom is -0.505 e. The van der Waals surface area contributed by atoms with E-state index in [4.69, 9.17) is 5.11 Å². The monoisotopic (exact) mass is 363 g/mol. The van der Waals surface area contributed by atoms with Gasteiger partial charge in [0, 0.05) is 28.7 Å². The number of pyridine rings is 2. The first-order chi connectivity index (χ1) is 13.1. The fourth-order valence-corrected chi connectivity index (χ4v) is 3.00. The first kappa shape index (κ1) is 16.5. The van der Waals surface area contributed by atoms with Gasteiger partial charge in [-0.25, -0.2) is 9.50 Å². The average molecular weight is 363 g/mol. The number of carbonyl (C=O) groups is 2. The summed E-state index contributed by atoms with van der Waals surface area (Å²) in [7, 11) is 0. The SMILES string of the molecule is O=C(O)CNC(=O)c1c(O)c2cccc(-c3cccnc3)c2c2ncnn12. The molecule has 0 aliphatic heterocycles. The van der Waals surface area contributed by atoms with Gasteiger partial charge in [0.2, 0.25) is 0 Å². The highest BCUT2D eigenvalue weighted by Crippen LogP contribution is 2.37. The number of aromatic nitrogens is 4. The van der Waals surface area contributed by atoms with Gasteiger partial charge in [-0.15, -0.1) is 0 Å². The largest absolute Gasteiger partial charge is 0.505 e. The number of carboxylic acid groups (broad SMARTS) is 1. The number of aromatic hydroxyl groups is 1. The van der Waals surface area contributed by atoms with Gasteiger partial charge >= 0.3 is 5.97 Å². The molecule has 1 amide bonds. The lowest BCUT2D eigenvalue weighted by Gasteiger charge is -2.13. The van der Waals surface area contributed by atoms with Crippen molar-refractivity contribution in [3.8, 4) is 16.9 Å². The number of rotatable bonds is 4. The summed E-state index contributed by atoms with van der Waals surface area (Å²) >= 11 is 0. The Morgan fingerprint density at radius 3 is 2.78 bits per heavy atom. The molecule has 1 aromatic carbocycles. The number of nitrogens with zero attached hydrogens (tertiary/aromatic N) is 4. The Morgan fingerprint density at radius 2 is 2.04 bits per heavy atom. The summed E-state index contributed by atoms with van der Waals surface area (Å²) in [5.74, 6) is -2.27. The molecule has 4 rings (SSSR count). The van der Waals surface area contributed by atoms with Crippen LogP contribution in [0.5, 0.6) is 5.75 Å². The Bertz CT molecular complexity index is 1190. The first-order valence-corrected chi connectivity index (χ1v) is 7.95. The van der Waals surface area contributed by atoms with Gasteiger partial charge in [-0.2, -0.15) is 5.10 Å². The van der Waals surface area contributed by atoms with E-state index in [1.165, 1.54) is 10.8 Å². The minimum atomic E-state index is -1.20. The molecule has 0 radical (unpaired) electrons. The highest BCUT2D eigenvalue weighted by atomic mass is 16.4. The van der Waals surface area contributed by atoms with Crippen LogP contribution in [-0.4, -0.2) is 48.2 Å². The minimum absolute atomic E-state index is 0.181. The van der Waals surface area contributed by atoms with Crippen LogP contribution in [0.2, 0.25) is 0 Å². The van der Waals surface area contributed by atoms with E-state index in [9.17, 15) is 14.7 Å². The molecule has 3 N–H and O–H groups in total. The number of hydrogen-bond acceptors (Lipinski definition) is 6. The van der Waals surface area contributed by atoms with Crippen molar-refractivity contribution in [2.24, 2.45) is 0 Å². The normalized spacial score (nSPS) is 11.0. The summed E-state index contributed by atoms with van der Waals surface area (Å²) in [6, 6.07) is 8.93. The number of carboxylic acids is 1. The number of fused-ring (bicyclic) bond motifs is 3. The van der Waals surface area contributed by atoms with E-state index in [2.05, 4.69) is 20.4 Å². The van der Waals surface area contributed by atoms with Gasteiger partial charge in [-0.3, -0.25) is 14.6 Å². The molecule has 0 aliphatic rings. The van der Waals surface area contributed by atoms with Crippen molar-refractivity contribution >= 4 is 28.3 Å². The van der Waals surface area contributed by atoms with Crippen molar-refractivity contribution in [3.63, 3.8) is 0 Å². The lowest BCUT2D eigenvalue weighted by atomic mass is 9.99. The van der Waals surface area contributed by atoms with Gasteiger partial charge in [0.25, 0.3) is 5.91 Å². The molecule has 0 spiro atoms. The van der Waals surface area contributed by atoms with Crippen molar-refractivity contribution in [2.45, 2.75) is 0 Å². The highest BCUT2D eigenvalue weighted by molar-refractivity contribution is 6.12. The number of amides is 1. The Labute approximate surface area is 151 Å². The summed E-state index contributed by atoms with van der Waals surface area (Å²) in [5, 5.41) is 26.8. The third kappa shape index (κ3) is 2.71. The molecule has 134 valence electrons. The van der Waals surface area contributed by atoms with Crippen LogP contribution in [0.15, 0.2) is 49.1 Å². The van der Waals surface area contributed by atoms with E-state index < -0.39 is 18.4 Å². The molecule has 0 bridgehead atoms. The summed E-state index contributed by atoms with van der Waals surface area (Å²) in [6.45, 7) is -0.581. The standard InChI is InChI=1S/C18H13N5O4/c24-13(25)8-20-18(27)15-16(26)12-5-1-4-11(10-3-2-6-19-7-10)14(12)17-21-9-22-23(15)17/h1-7,9,26H,8H2,(H,20,27)(H,24,25). The molecular formula is C18H13N5O4. The molecule has 0 atom stereocenters. The van der Waals surface area contributed by atoms with Gasteiger partial charge in [-0.05, 0) is 11.6 Å². The fraction of sp³-hybridized carbons (Fsp3) is 0.0556. The third-order valence-corrected chi connectivity index (χ3v) is 4.11. The zero-order chi connectivity index (χ0) is 19.0. The number of aliphatic carboxylic acids is 1. The van der Waals surface area contributed by atoms with E-state index in [0.717, 1.165) is 11.1 Å². The van der Waals surface area contributed by atoms with Gasteiger partial charge in [0.15, 0.2) is 17.1 Å². The second-order valence-electron chi connectivity index (χ2n) is 5.74. The fourth-order valence-electron chi connectivity index (χ4n) is 3.00. The Balaban J connectivity index is 2.01. The van der Waals surface area contributed by atoms with Gasteiger partial charge in [0.1, 0.15) is 12.9 Å². The Hall–Kier alpha value is -4.01. The molecule has 3 aromatic heterocycles. The second kappa shape index (κ2) is 6.37. The maximum Gasteiger partial charge on any atom is 0.322 e. The van der Waals surface area contributed by atoms with Gasteiger partial charge in [-0.1, -0.05) is 24.3 Å². The lowest BCUT2D eigenvalue weighted by Crippen LogP contribution is -2.31. The molecular weight excluding hydrogens is 350 g/mol. The zero-order valence-corrected chi connectivity index (χ0v) is 13.8. The van der Waals surface area contributed by atoms with Crippen LogP contribution in [0, 0.1) is 0 Å². The number of benzene rings is 1. The van der Waals surface area contributed by atoms with E-state index >= 15 is 0 Å². The smallest absolute Gasteiger partial charge is 0.322 e. The van der Waals surface area contributed by atoms with Crippen molar-refractivity contribution in [1.82, 2.24) is 24.9 Å². The summed E-state index contributed by atoms with van der Waals surface area (Å²) in [6.07, 6.45) is 4.61. The maximum absolute atomic E-state index is 12.4. The van der Waals surface area contributed by atoms with Crippen molar-refractivity contribution < 1.29 is 19.8 Å².